The first-order chi connectivity index (χ1) is 9.19. The van der Waals surface area contributed by atoms with E-state index >= 15 is 0 Å². The molecule has 1 aromatic heterocycles. The van der Waals surface area contributed by atoms with E-state index in [2.05, 4.69) is 48.8 Å². The van der Waals surface area contributed by atoms with Gasteiger partial charge < -0.3 is 10.1 Å². The van der Waals surface area contributed by atoms with Crippen molar-refractivity contribution >= 4 is 11.3 Å². The average Bonchev–Trinajstić information content (AvgIpc) is 2.84. The van der Waals surface area contributed by atoms with Crippen LogP contribution in [0.5, 0.6) is 5.75 Å². The highest BCUT2D eigenvalue weighted by Gasteiger charge is 2.29. The Hall–Kier alpha value is -1.32. The van der Waals surface area contributed by atoms with E-state index in [-0.39, 0.29) is 6.10 Å². The maximum Gasteiger partial charge on any atom is 0.135 e. The van der Waals surface area contributed by atoms with Crippen molar-refractivity contribution in [2.75, 3.05) is 7.05 Å². The van der Waals surface area contributed by atoms with Gasteiger partial charge in [-0.25, -0.2) is 0 Å². The molecule has 19 heavy (non-hydrogen) atoms. The highest BCUT2D eigenvalue weighted by atomic mass is 32.1. The van der Waals surface area contributed by atoms with Crippen LogP contribution in [0.1, 0.15) is 40.1 Å². The first-order valence-corrected chi connectivity index (χ1v) is 7.55. The molecule has 0 radical (unpaired) electrons. The third-order valence-corrected chi connectivity index (χ3v) is 4.91. The van der Waals surface area contributed by atoms with Crippen LogP contribution in [0.15, 0.2) is 29.6 Å². The minimum absolute atomic E-state index is 0.174. The number of ether oxygens (including phenoxy) is 1. The molecule has 1 aliphatic heterocycles. The summed E-state index contributed by atoms with van der Waals surface area (Å²) in [5.74, 6) is 1.02. The molecule has 1 N–H and O–H groups in total. The molecule has 3 rings (SSSR count). The second kappa shape index (κ2) is 4.99. The largest absolute Gasteiger partial charge is 0.484 e. The van der Waals surface area contributed by atoms with Gasteiger partial charge in [0.15, 0.2) is 0 Å². The number of benzene rings is 1. The van der Waals surface area contributed by atoms with Crippen LogP contribution in [0.4, 0.5) is 0 Å². The first-order valence-electron chi connectivity index (χ1n) is 6.67. The highest BCUT2D eigenvalue weighted by Crippen LogP contribution is 2.42. The van der Waals surface area contributed by atoms with Gasteiger partial charge in [-0.2, -0.15) is 0 Å². The quantitative estimate of drug-likeness (QED) is 0.887. The molecule has 2 heterocycles. The van der Waals surface area contributed by atoms with Crippen molar-refractivity contribution in [1.82, 2.24) is 5.32 Å². The Labute approximate surface area is 118 Å². The number of rotatable bonds is 2. The summed E-state index contributed by atoms with van der Waals surface area (Å²) in [4.78, 5) is 1.35. The summed E-state index contributed by atoms with van der Waals surface area (Å²) in [5.41, 5.74) is 3.90. The molecule has 3 heteroatoms. The fourth-order valence-electron chi connectivity index (χ4n) is 2.74. The minimum Gasteiger partial charge on any atom is -0.484 e. The second-order valence-electron chi connectivity index (χ2n) is 5.19. The topological polar surface area (TPSA) is 21.3 Å². The first kappa shape index (κ1) is 12.7. The Morgan fingerprint density at radius 1 is 1.26 bits per heavy atom. The fraction of sp³-hybridized carbons (Fsp3) is 0.375. The summed E-state index contributed by atoms with van der Waals surface area (Å²) in [7, 11) is 2.03. The van der Waals surface area contributed by atoms with Gasteiger partial charge in [-0.15, -0.1) is 11.3 Å². The Morgan fingerprint density at radius 2 is 2.11 bits per heavy atom. The van der Waals surface area contributed by atoms with Crippen LogP contribution >= 0.6 is 11.3 Å². The van der Waals surface area contributed by atoms with Crippen molar-refractivity contribution in [3.8, 4) is 5.75 Å². The maximum atomic E-state index is 6.21. The van der Waals surface area contributed by atoms with E-state index in [1.807, 2.05) is 7.05 Å². The maximum absolute atomic E-state index is 6.21. The molecule has 0 amide bonds. The normalized spacial score (nSPS) is 21.8. The molecule has 2 unspecified atom stereocenters. The zero-order valence-corrected chi connectivity index (χ0v) is 12.4. The van der Waals surface area contributed by atoms with Gasteiger partial charge >= 0.3 is 0 Å². The van der Waals surface area contributed by atoms with Crippen LogP contribution in [0.2, 0.25) is 0 Å². The number of aryl methyl sites for hydroxylation is 2. The molecule has 0 fully saturated rings. The molecule has 1 aromatic carbocycles. The van der Waals surface area contributed by atoms with Gasteiger partial charge in [0.1, 0.15) is 11.9 Å². The Kier molecular flexibility index (Phi) is 3.33. The number of fused-ring (bicyclic) bond motifs is 1. The number of hydrogen-bond acceptors (Lipinski definition) is 3. The van der Waals surface area contributed by atoms with Crippen LogP contribution in [-0.4, -0.2) is 7.05 Å². The predicted octanol–water partition coefficient (Wildman–Crippen LogP) is 4.15. The van der Waals surface area contributed by atoms with Crippen molar-refractivity contribution in [3.63, 3.8) is 0 Å². The van der Waals surface area contributed by atoms with Crippen LogP contribution in [0, 0.1) is 13.8 Å². The number of thiophene rings is 1. The van der Waals surface area contributed by atoms with Gasteiger partial charge in [-0.3, -0.25) is 0 Å². The molecule has 2 nitrogen and oxygen atoms in total. The van der Waals surface area contributed by atoms with Crippen molar-refractivity contribution in [3.05, 3.63) is 51.2 Å². The van der Waals surface area contributed by atoms with Crippen molar-refractivity contribution in [1.29, 1.82) is 0 Å². The average molecular weight is 273 g/mol. The van der Waals surface area contributed by atoms with E-state index in [9.17, 15) is 0 Å². The monoisotopic (exact) mass is 273 g/mol. The lowest BCUT2D eigenvalue weighted by molar-refractivity contribution is 0.156. The third kappa shape index (κ3) is 2.28. The van der Waals surface area contributed by atoms with Gasteiger partial charge in [0.25, 0.3) is 0 Å². The van der Waals surface area contributed by atoms with Crippen molar-refractivity contribution in [2.45, 2.75) is 32.4 Å². The lowest BCUT2D eigenvalue weighted by Gasteiger charge is -2.32. The zero-order valence-electron chi connectivity index (χ0n) is 11.6. The number of hydrogen-bond donors (Lipinski definition) is 1. The molecule has 2 aromatic rings. The molecule has 1 aliphatic rings. The molecule has 0 saturated heterocycles. The summed E-state index contributed by atoms with van der Waals surface area (Å²) in [6, 6.07) is 8.99. The van der Waals surface area contributed by atoms with Gasteiger partial charge in [0.05, 0.1) is 0 Å². The Balaban J connectivity index is 1.98. The summed E-state index contributed by atoms with van der Waals surface area (Å²) in [6.07, 6.45) is 1.17. The molecular formula is C16H19NOS. The summed E-state index contributed by atoms with van der Waals surface area (Å²) in [5, 5.41) is 5.57. The van der Waals surface area contributed by atoms with Gasteiger partial charge in [-0.05, 0) is 44.0 Å². The Bertz CT molecular complexity index is 590. The SMILES string of the molecule is CNC1CC(c2sccc2C)Oc2ccc(C)cc21. The summed E-state index contributed by atoms with van der Waals surface area (Å²) >= 11 is 1.79. The second-order valence-corrected chi connectivity index (χ2v) is 6.14. The van der Waals surface area contributed by atoms with Crippen molar-refractivity contribution < 1.29 is 4.74 Å². The minimum atomic E-state index is 0.174. The summed E-state index contributed by atoms with van der Waals surface area (Å²) in [6.45, 7) is 4.29. The van der Waals surface area contributed by atoms with Crippen LogP contribution < -0.4 is 10.1 Å². The highest BCUT2D eigenvalue weighted by molar-refractivity contribution is 7.10. The Morgan fingerprint density at radius 3 is 2.79 bits per heavy atom. The fourth-order valence-corrected chi connectivity index (χ4v) is 3.71. The molecule has 0 bridgehead atoms. The van der Waals surface area contributed by atoms with E-state index in [1.165, 1.54) is 21.6 Å². The molecule has 0 spiro atoms. The van der Waals surface area contributed by atoms with Gasteiger partial charge in [0.2, 0.25) is 0 Å². The number of nitrogens with one attached hydrogen (secondary N) is 1. The molecule has 0 saturated carbocycles. The predicted molar refractivity (Wildman–Crippen MR) is 80.0 cm³/mol. The van der Waals surface area contributed by atoms with Crippen molar-refractivity contribution in [2.24, 2.45) is 0 Å². The molecular weight excluding hydrogens is 254 g/mol. The van der Waals surface area contributed by atoms with Crippen LogP contribution in [-0.2, 0) is 0 Å². The third-order valence-electron chi connectivity index (χ3n) is 3.80. The molecule has 0 aliphatic carbocycles. The van der Waals surface area contributed by atoms with E-state index in [0.29, 0.717) is 6.04 Å². The lowest BCUT2D eigenvalue weighted by Crippen LogP contribution is -2.26. The van der Waals surface area contributed by atoms with Crippen LogP contribution in [0.25, 0.3) is 0 Å². The van der Waals surface area contributed by atoms with E-state index < -0.39 is 0 Å². The van der Waals surface area contributed by atoms with Gasteiger partial charge in [0, 0.05) is 22.9 Å². The smallest absolute Gasteiger partial charge is 0.135 e. The van der Waals surface area contributed by atoms with Gasteiger partial charge in [-0.1, -0.05) is 17.7 Å². The zero-order chi connectivity index (χ0) is 13.4. The van der Waals surface area contributed by atoms with Crippen LogP contribution in [0.3, 0.4) is 0 Å². The van der Waals surface area contributed by atoms with E-state index in [4.69, 9.17) is 4.74 Å². The molecule has 100 valence electrons. The van der Waals surface area contributed by atoms with E-state index in [0.717, 1.165) is 12.2 Å². The van der Waals surface area contributed by atoms with E-state index in [1.54, 1.807) is 11.3 Å². The molecule has 2 atom stereocenters. The summed E-state index contributed by atoms with van der Waals surface area (Å²) < 4.78 is 6.21. The lowest BCUT2D eigenvalue weighted by atomic mass is 9.94. The standard InChI is InChI=1S/C16H19NOS/c1-10-4-5-14-12(8-10)13(17-3)9-15(18-14)16-11(2)6-7-19-16/h4-8,13,15,17H,9H2,1-3H3.